The van der Waals surface area contributed by atoms with Crippen LogP contribution in [0.3, 0.4) is 0 Å². The lowest BCUT2D eigenvalue weighted by molar-refractivity contribution is 0.161. The highest BCUT2D eigenvalue weighted by Crippen LogP contribution is 2.38. The fourth-order valence-electron chi connectivity index (χ4n) is 2.47. The van der Waals surface area contributed by atoms with Crippen molar-refractivity contribution in [3.8, 4) is 17.2 Å². The van der Waals surface area contributed by atoms with Crippen molar-refractivity contribution < 1.29 is 14.2 Å². The van der Waals surface area contributed by atoms with Gasteiger partial charge in [0.15, 0.2) is 11.5 Å². The Morgan fingerprint density at radius 2 is 1.80 bits per heavy atom. The number of anilines is 1. The summed E-state index contributed by atoms with van der Waals surface area (Å²) in [7, 11) is 0. The molecule has 2 N–H and O–H groups in total. The van der Waals surface area contributed by atoms with E-state index in [1.807, 2.05) is 18.2 Å². The van der Waals surface area contributed by atoms with Gasteiger partial charge in [-0.2, -0.15) is 0 Å². The van der Waals surface area contributed by atoms with Gasteiger partial charge in [-0.1, -0.05) is 6.07 Å². The highest BCUT2D eigenvalue weighted by atomic mass is 16.6. The topological polar surface area (TPSA) is 77.5 Å². The maximum atomic E-state index is 5.82. The summed E-state index contributed by atoms with van der Waals surface area (Å²) in [6.45, 7) is 4.50. The Morgan fingerprint density at radius 1 is 0.960 bits per heavy atom. The van der Waals surface area contributed by atoms with Crippen molar-refractivity contribution in [2.45, 2.75) is 12.8 Å². The molecule has 0 aliphatic carbocycles. The first-order valence-electron chi connectivity index (χ1n) is 8.66. The van der Waals surface area contributed by atoms with Gasteiger partial charge in [0.1, 0.15) is 13.2 Å². The molecule has 0 radical (unpaired) electrons. The Bertz CT molecular complexity index is 639. The third kappa shape index (κ3) is 5.49. The SMILES string of the molecule is c1cnc(NCCCNCCCOc2cccc3c2OCCO3)nc1. The van der Waals surface area contributed by atoms with Crippen LogP contribution in [0.5, 0.6) is 17.2 Å². The van der Waals surface area contributed by atoms with Gasteiger partial charge in [-0.05, 0) is 44.1 Å². The van der Waals surface area contributed by atoms with Crippen LogP contribution in [0, 0.1) is 0 Å². The molecule has 1 aromatic heterocycles. The zero-order valence-corrected chi connectivity index (χ0v) is 14.2. The maximum absolute atomic E-state index is 5.82. The van der Waals surface area contributed by atoms with Crippen molar-refractivity contribution >= 4 is 5.95 Å². The van der Waals surface area contributed by atoms with E-state index in [1.54, 1.807) is 18.5 Å². The third-order valence-electron chi connectivity index (χ3n) is 3.66. The second kappa shape index (κ2) is 9.68. The number of benzene rings is 1. The Labute approximate surface area is 147 Å². The summed E-state index contributed by atoms with van der Waals surface area (Å²) in [4.78, 5) is 8.24. The van der Waals surface area contributed by atoms with Crippen LogP contribution in [0.1, 0.15) is 12.8 Å². The van der Waals surface area contributed by atoms with Gasteiger partial charge in [0.05, 0.1) is 6.61 Å². The lowest BCUT2D eigenvalue weighted by Gasteiger charge is -2.20. The predicted molar refractivity (Wildman–Crippen MR) is 95.6 cm³/mol. The van der Waals surface area contributed by atoms with Crippen LogP contribution in [-0.2, 0) is 0 Å². The molecule has 2 aromatic rings. The zero-order chi connectivity index (χ0) is 17.2. The monoisotopic (exact) mass is 344 g/mol. The van der Waals surface area contributed by atoms with Crippen molar-refractivity contribution in [2.75, 3.05) is 44.8 Å². The number of ether oxygens (including phenoxy) is 3. The number of nitrogens with one attached hydrogen (secondary N) is 2. The van der Waals surface area contributed by atoms with E-state index in [4.69, 9.17) is 14.2 Å². The van der Waals surface area contributed by atoms with Crippen LogP contribution in [0.4, 0.5) is 5.95 Å². The van der Waals surface area contributed by atoms with Gasteiger partial charge in [-0.15, -0.1) is 0 Å². The van der Waals surface area contributed by atoms with Crippen LogP contribution in [0.25, 0.3) is 0 Å². The number of nitrogens with zero attached hydrogens (tertiary/aromatic N) is 2. The quantitative estimate of drug-likeness (QED) is 0.639. The Balaban J connectivity index is 1.24. The summed E-state index contributed by atoms with van der Waals surface area (Å²) >= 11 is 0. The number of para-hydroxylation sites is 1. The first-order valence-corrected chi connectivity index (χ1v) is 8.66. The summed E-state index contributed by atoms with van der Waals surface area (Å²) in [6.07, 6.45) is 5.40. The van der Waals surface area contributed by atoms with E-state index in [0.717, 1.165) is 49.7 Å². The fraction of sp³-hybridized carbons (Fsp3) is 0.444. The maximum Gasteiger partial charge on any atom is 0.222 e. The minimum atomic E-state index is 0.566. The van der Waals surface area contributed by atoms with Gasteiger partial charge < -0.3 is 24.8 Å². The van der Waals surface area contributed by atoms with E-state index in [9.17, 15) is 0 Å². The Kier molecular flexibility index (Phi) is 6.70. The van der Waals surface area contributed by atoms with Crippen molar-refractivity contribution in [3.63, 3.8) is 0 Å². The second-order valence-electron chi connectivity index (χ2n) is 5.59. The van der Waals surface area contributed by atoms with Gasteiger partial charge in [-0.3, -0.25) is 0 Å². The van der Waals surface area contributed by atoms with Crippen LogP contribution < -0.4 is 24.8 Å². The largest absolute Gasteiger partial charge is 0.489 e. The van der Waals surface area contributed by atoms with E-state index in [0.29, 0.717) is 25.8 Å². The molecular formula is C18H24N4O3. The number of hydrogen-bond donors (Lipinski definition) is 2. The van der Waals surface area contributed by atoms with Crippen LogP contribution in [-0.4, -0.2) is 49.4 Å². The van der Waals surface area contributed by atoms with E-state index < -0.39 is 0 Å². The first-order chi connectivity index (χ1) is 12.4. The molecule has 2 heterocycles. The van der Waals surface area contributed by atoms with Crippen molar-refractivity contribution in [2.24, 2.45) is 0 Å². The average Bonchev–Trinajstić information content (AvgIpc) is 2.67. The minimum Gasteiger partial charge on any atom is -0.489 e. The third-order valence-corrected chi connectivity index (χ3v) is 3.66. The van der Waals surface area contributed by atoms with Gasteiger partial charge in [-0.25, -0.2) is 9.97 Å². The molecule has 1 aliphatic heterocycles. The summed E-state index contributed by atoms with van der Waals surface area (Å²) in [5.41, 5.74) is 0. The standard InChI is InChI=1S/C18H24N4O3/c1-5-15(17-16(6-1)24-13-14-25-17)23-12-4-8-19-7-2-9-20-18-21-10-3-11-22-18/h1,3,5-6,10-11,19H,2,4,7-9,12-14H2,(H,20,21,22). The molecule has 0 atom stereocenters. The molecule has 0 saturated carbocycles. The molecule has 25 heavy (non-hydrogen) atoms. The summed E-state index contributed by atoms with van der Waals surface area (Å²) in [6, 6.07) is 7.54. The van der Waals surface area contributed by atoms with Crippen LogP contribution in [0.2, 0.25) is 0 Å². The Morgan fingerprint density at radius 3 is 2.72 bits per heavy atom. The zero-order valence-electron chi connectivity index (χ0n) is 14.2. The summed E-state index contributed by atoms with van der Waals surface area (Å²) in [5.74, 6) is 2.91. The molecule has 0 saturated heterocycles. The van der Waals surface area contributed by atoms with Gasteiger partial charge >= 0.3 is 0 Å². The molecule has 0 bridgehead atoms. The van der Waals surface area contributed by atoms with Crippen molar-refractivity contribution in [3.05, 3.63) is 36.7 Å². The molecule has 0 unspecified atom stereocenters. The van der Waals surface area contributed by atoms with E-state index in [1.165, 1.54) is 0 Å². The lowest BCUT2D eigenvalue weighted by Crippen LogP contribution is -2.21. The molecule has 0 spiro atoms. The predicted octanol–water partition coefficient (Wildman–Crippen LogP) is 2.11. The number of rotatable bonds is 10. The molecule has 134 valence electrons. The molecule has 1 aliphatic rings. The molecule has 0 amide bonds. The van der Waals surface area contributed by atoms with Gasteiger partial charge in [0.2, 0.25) is 11.7 Å². The minimum absolute atomic E-state index is 0.566. The summed E-state index contributed by atoms with van der Waals surface area (Å²) < 4.78 is 17.0. The lowest BCUT2D eigenvalue weighted by atomic mass is 10.3. The Hall–Kier alpha value is -2.54. The highest BCUT2D eigenvalue weighted by molar-refractivity contribution is 5.51. The highest BCUT2D eigenvalue weighted by Gasteiger charge is 2.16. The number of aromatic nitrogens is 2. The molecular weight excluding hydrogens is 320 g/mol. The van der Waals surface area contributed by atoms with Crippen molar-refractivity contribution in [1.82, 2.24) is 15.3 Å². The van der Waals surface area contributed by atoms with E-state index in [-0.39, 0.29) is 0 Å². The van der Waals surface area contributed by atoms with Crippen LogP contribution in [0.15, 0.2) is 36.7 Å². The van der Waals surface area contributed by atoms with Gasteiger partial charge in [0, 0.05) is 18.9 Å². The summed E-state index contributed by atoms with van der Waals surface area (Å²) in [5, 5.41) is 6.59. The van der Waals surface area contributed by atoms with Crippen molar-refractivity contribution in [1.29, 1.82) is 0 Å². The molecule has 0 fully saturated rings. The van der Waals surface area contributed by atoms with Crippen LogP contribution >= 0.6 is 0 Å². The van der Waals surface area contributed by atoms with E-state index in [2.05, 4.69) is 20.6 Å². The van der Waals surface area contributed by atoms with E-state index >= 15 is 0 Å². The molecule has 7 nitrogen and oxygen atoms in total. The normalized spacial score (nSPS) is 12.6. The van der Waals surface area contributed by atoms with Gasteiger partial charge in [0.25, 0.3) is 0 Å². The molecule has 7 heteroatoms. The first kappa shape index (κ1) is 17.3. The smallest absolute Gasteiger partial charge is 0.222 e. The number of fused-ring (bicyclic) bond motifs is 1. The molecule has 3 rings (SSSR count). The number of hydrogen-bond acceptors (Lipinski definition) is 7. The molecule has 1 aromatic carbocycles. The average molecular weight is 344 g/mol. The fourth-order valence-corrected chi connectivity index (χ4v) is 2.47. The second-order valence-corrected chi connectivity index (χ2v) is 5.59.